The molecule has 0 fully saturated rings. The average Bonchev–Trinajstić information content (AvgIpc) is 3.70. The molecule has 0 aliphatic rings. The van der Waals surface area contributed by atoms with Crippen LogP contribution in [0.2, 0.25) is 30.2 Å². The van der Waals surface area contributed by atoms with Crippen LogP contribution in [0, 0.1) is 22.9 Å². The molecule has 0 aliphatic heterocycles. The number of fused-ring (bicyclic) bond motifs is 6. The van der Waals surface area contributed by atoms with Crippen molar-refractivity contribution in [2.24, 2.45) is 0 Å². The monoisotopic (exact) mass is 834 g/mol. The van der Waals surface area contributed by atoms with Gasteiger partial charge in [-0.25, -0.2) is 0 Å². The van der Waals surface area contributed by atoms with Gasteiger partial charge >= 0.3 is 0 Å². The molecule has 0 aliphatic carbocycles. The van der Waals surface area contributed by atoms with E-state index in [1.165, 1.54) is 63.3 Å². The predicted molar refractivity (Wildman–Crippen MR) is 271 cm³/mol. The number of rotatable bonds is 0. The Morgan fingerprint density at radius 1 is 0.345 bits per heavy atom. The lowest BCUT2D eigenvalue weighted by molar-refractivity contribution is 0.548. The van der Waals surface area contributed by atoms with E-state index in [4.69, 9.17) is 0 Å². The molecule has 2 aromatic heterocycles. The van der Waals surface area contributed by atoms with Crippen LogP contribution in [0.1, 0.15) is 136 Å². The van der Waals surface area contributed by atoms with Crippen molar-refractivity contribution < 1.29 is 0 Å². The third kappa shape index (κ3) is 6.52. The first-order chi connectivity index (χ1) is 26.5. The first-order valence-corrected chi connectivity index (χ1v) is 27.0. The van der Waals surface area contributed by atoms with Gasteiger partial charge in [0.25, 0.3) is 0 Å². The van der Waals surface area contributed by atoms with Crippen LogP contribution < -0.4 is 0 Å². The SMILES string of the molecule is CC(C)(C)[Si](C#Cc1c2cc3cc4ccsc4cc3cc2c(C#C[Si](C(C)(C)C)(C(C)(C)C)C(C)(C)C)c2cc3cc4ccsc4cc3cc12)(C(C)(C)C)C(C)(C)C. The first kappa shape index (κ1) is 42.7. The molecular formula is C54H66S2Si2. The summed E-state index contributed by atoms with van der Waals surface area (Å²) in [5.41, 5.74) is 10.9. The third-order valence-electron chi connectivity index (χ3n) is 13.7. The van der Waals surface area contributed by atoms with E-state index in [0.29, 0.717) is 0 Å². The Labute approximate surface area is 360 Å². The number of benzene rings is 5. The molecule has 7 rings (SSSR count). The van der Waals surface area contributed by atoms with Gasteiger partial charge in [0.2, 0.25) is 0 Å². The van der Waals surface area contributed by atoms with Crippen LogP contribution in [-0.4, -0.2) is 16.1 Å². The van der Waals surface area contributed by atoms with E-state index in [1.54, 1.807) is 0 Å². The molecule has 0 unspecified atom stereocenters. The minimum absolute atomic E-state index is 0.0447. The zero-order chi connectivity index (χ0) is 42.8. The van der Waals surface area contributed by atoms with E-state index < -0.39 is 16.1 Å². The van der Waals surface area contributed by atoms with E-state index in [2.05, 4.69) is 219 Å². The molecule has 0 saturated carbocycles. The Hall–Kier alpha value is -3.39. The lowest BCUT2D eigenvalue weighted by atomic mass is 9.88. The highest BCUT2D eigenvalue weighted by atomic mass is 32.1. The van der Waals surface area contributed by atoms with E-state index >= 15 is 0 Å². The summed E-state index contributed by atoms with van der Waals surface area (Å²) >= 11 is 3.64. The molecule has 0 spiro atoms. The molecule has 0 atom stereocenters. The highest BCUT2D eigenvalue weighted by Gasteiger charge is 2.60. The van der Waals surface area contributed by atoms with Gasteiger partial charge in [0, 0.05) is 20.5 Å². The van der Waals surface area contributed by atoms with Gasteiger partial charge in [0.15, 0.2) is 16.1 Å². The van der Waals surface area contributed by atoms with Crippen molar-refractivity contribution in [1.82, 2.24) is 0 Å². The molecule has 4 heteroatoms. The fourth-order valence-corrected chi connectivity index (χ4v) is 31.1. The van der Waals surface area contributed by atoms with Crippen LogP contribution in [0.3, 0.4) is 0 Å². The van der Waals surface area contributed by atoms with Crippen LogP contribution in [0.15, 0.2) is 71.4 Å². The van der Waals surface area contributed by atoms with Crippen LogP contribution in [0.25, 0.3) is 63.3 Å². The maximum Gasteiger partial charge on any atom is 0.154 e. The van der Waals surface area contributed by atoms with Gasteiger partial charge in [-0.15, -0.1) is 33.8 Å². The van der Waals surface area contributed by atoms with Gasteiger partial charge in [-0.1, -0.05) is 136 Å². The highest BCUT2D eigenvalue weighted by Crippen LogP contribution is 2.63. The standard InChI is InChI=1S/C54H66S2Si2/c1-49(2,3)57(50(4,5)6,51(7,8)9)25-21-41-43-29-37-27-35-19-23-56-48(35)34-40(37)32-46(43)42(22-26-58(52(10,11)12,53(13,14)15)54(16,17)18)44-30-38-28-36-20-24-55-47(36)33-39(38)31-45(41)44/h19-20,23-24,27-34H,1-18H3. The highest BCUT2D eigenvalue weighted by molar-refractivity contribution is 7.17. The Bertz CT molecular complexity index is 2500. The van der Waals surface area contributed by atoms with Gasteiger partial charge in [-0.05, 0) is 156 Å². The third-order valence-corrected chi connectivity index (χ3v) is 29.9. The van der Waals surface area contributed by atoms with Crippen molar-refractivity contribution in [3.05, 3.63) is 82.6 Å². The van der Waals surface area contributed by atoms with Crippen LogP contribution in [-0.2, 0) is 0 Å². The summed E-state index contributed by atoms with van der Waals surface area (Å²) in [7, 11) is -4.83. The van der Waals surface area contributed by atoms with Crippen LogP contribution in [0.5, 0.6) is 0 Å². The molecular weight excluding hydrogens is 769 g/mol. The number of hydrogen-bond acceptors (Lipinski definition) is 2. The normalized spacial score (nSPS) is 14.1. The van der Waals surface area contributed by atoms with Crippen molar-refractivity contribution in [2.75, 3.05) is 0 Å². The summed E-state index contributed by atoms with van der Waals surface area (Å²) in [6.07, 6.45) is 0. The van der Waals surface area contributed by atoms with Crippen molar-refractivity contribution in [2.45, 2.75) is 155 Å². The lowest BCUT2D eigenvalue weighted by Gasteiger charge is -2.55. The lowest BCUT2D eigenvalue weighted by Crippen LogP contribution is -2.57. The molecule has 5 aromatic carbocycles. The van der Waals surface area contributed by atoms with Gasteiger partial charge in [-0.3, -0.25) is 0 Å². The van der Waals surface area contributed by atoms with Gasteiger partial charge in [-0.2, -0.15) is 0 Å². The summed E-state index contributed by atoms with van der Waals surface area (Å²) < 4.78 is 2.64. The van der Waals surface area contributed by atoms with Crippen molar-refractivity contribution in [3.8, 4) is 22.9 Å². The quantitative estimate of drug-likeness (QED) is 0.0811. The Morgan fingerprint density at radius 2 is 0.603 bits per heavy atom. The van der Waals surface area contributed by atoms with Gasteiger partial charge in [0.1, 0.15) is 0 Å². The van der Waals surface area contributed by atoms with E-state index in [0.717, 1.165) is 11.1 Å². The molecule has 2 heterocycles. The van der Waals surface area contributed by atoms with Gasteiger partial charge < -0.3 is 0 Å². The zero-order valence-electron chi connectivity index (χ0n) is 38.7. The molecule has 0 amide bonds. The van der Waals surface area contributed by atoms with Crippen molar-refractivity contribution >= 4 is 102 Å². The zero-order valence-corrected chi connectivity index (χ0v) is 42.4. The second-order valence-corrected chi connectivity index (χ2v) is 37.8. The minimum atomic E-state index is -2.42. The summed E-state index contributed by atoms with van der Waals surface area (Å²) in [6.45, 7) is 44.2. The Morgan fingerprint density at radius 3 is 0.862 bits per heavy atom. The Kier molecular flexibility index (Phi) is 9.99. The molecule has 0 bridgehead atoms. The first-order valence-electron chi connectivity index (χ1n) is 21.2. The maximum absolute atomic E-state index is 4.30. The second kappa shape index (κ2) is 13.6. The summed E-state index contributed by atoms with van der Waals surface area (Å²) in [5, 5.41) is 17.2. The molecule has 0 nitrogen and oxygen atoms in total. The number of thiophene rings is 2. The molecule has 7 aromatic rings. The molecule has 58 heavy (non-hydrogen) atoms. The van der Waals surface area contributed by atoms with Crippen LogP contribution >= 0.6 is 22.7 Å². The second-order valence-electron chi connectivity index (χ2n) is 23.4. The summed E-state index contributed by atoms with van der Waals surface area (Å²) in [4.78, 5) is 0. The summed E-state index contributed by atoms with van der Waals surface area (Å²) in [6, 6.07) is 23.9. The molecule has 0 N–H and O–H groups in total. The predicted octanol–water partition coefficient (Wildman–Crippen LogP) is 18.2. The topological polar surface area (TPSA) is 0 Å². The van der Waals surface area contributed by atoms with Crippen LogP contribution in [0.4, 0.5) is 0 Å². The van der Waals surface area contributed by atoms with E-state index in [-0.39, 0.29) is 30.2 Å². The van der Waals surface area contributed by atoms with Gasteiger partial charge in [0.05, 0.1) is 0 Å². The van der Waals surface area contributed by atoms with Crippen molar-refractivity contribution in [1.29, 1.82) is 0 Å². The minimum Gasteiger partial charge on any atom is -0.144 e. The molecule has 302 valence electrons. The molecule has 0 saturated heterocycles. The summed E-state index contributed by atoms with van der Waals surface area (Å²) in [5.74, 6) is 8.27. The fraction of sp³-hybridized carbons (Fsp3) is 0.444. The Balaban J connectivity index is 1.76. The average molecular weight is 835 g/mol. The van der Waals surface area contributed by atoms with E-state index in [9.17, 15) is 0 Å². The fourth-order valence-electron chi connectivity index (χ4n) is 13.1. The largest absolute Gasteiger partial charge is 0.154 e. The maximum atomic E-state index is 4.30. The number of hydrogen-bond donors (Lipinski definition) is 0. The smallest absolute Gasteiger partial charge is 0.144 e. The van der Waals surface area contributed by atoms with E-state index in [1.807, 2.05) is 22.7 Å². The van der Waals surface area contributed by atoms with Crippen molar-refractivity contribution in [3.63, 3.8) is 0 Å². The molecule has 0 radical (unpaired) electrons.